The first-order chi connectivity index (χ1) is 17.8. The van der Waals surface area contributed by atoms with Crippen molar-refractivity contribution in [3.8, 4) is 0 Å². The van der Waals surface area contributed by atoms with Gasteiger partial charge in [0.1, 0.15) is 11.6 Å². The highest BCUT2D eigenvalue weighted by Gasteiger charge is 2.72. The van der Waals surface area contributed by atoms with Crippen molar-refractivity contribution in [2.75, 3.05) is 18.5 Å². The molecule has 3 fully saturated rings. The number of hydrogen-bond acceptors (Lipinski definition) is 5. The van der Waals surface area contributed by atoms with Crippen LogP contribution in [0.5, 0.6) is 0 Å². The lowest BCUT2D eigenvalue weighted by molar-refractivity contribution is -0.141. The molecule has 1 aromatic carbocycles. The summed E-state index contributed by atoms with van der Waals surface area (Å²) in [6, 6.07) is 6.88. The van der Waals surface area contributed by atoms with Crippen molar-refractivity contribution < 1.29 is 23.9 Å². The summed E-state index contributed by atoms with van der Waals surface area (Å²) in [5, 5.41) is 6.19. The minimum Gasteiger partial charge on any atom is -0.379 e. The molecule has 0 aromatic heterocycles. The minimum atomic E-state index is -1.13. The maximum absolute atomic E-state index is 13.9. The Morgan fingerprint density at radius 1 is 1.14 bits per heavy atom. The zero-order valence-corrected chi connectivity index (χ0v) is 22.1. The Bertz CT molecular complexity index is 1050. The van der Waals surface area contributed by atoms with Crippen molar-refractivity contribution >= 4 is 23.4 Å². The summed E-state index contributed by atoms with van der Waals surface area (Å²) in [6.45, 7) is 6.80. The summed E-state index contributed by atoms with van der Waals surface area (Å²) >= 11 is 0. The Morgan fingerprint density at radius 3 is 2.57 bits per heavy atom. The largest absolute Gasteiger partial charge is 0.379 e. The van der Waals surface area contributed by atoms with Crippen LogP contribution < -0.4 is 10.6 Å². The van der Waals surface area contributed by atoms with Crippen molar-refractivity contribution in [1.29, 1.82) is 0 Å². The number of aryl methyl sites for hydroxylation is 1. The van der Waals surface area contributed by atoms with Gasteiger partial charge < -0.3 is 25.0 Å². The highest BCUT2D eigenvalue weighted by atomic mass is 16.5. The molecule has 1 aliphatic carbocycles. The molecule has 5 rings (SSSR count). The van der Waals surface area contributed by atoms with Crippen LogP contribution in [0.4, 0.5) is 5.69 Å². The van der Waals surface area contributed by atoms with Gasteiger partial charge in [-0.2, -0.15) is 0 Å². The first-order valence-corrected chi connectivity index (χ1v) is 13.8. The van der Waals surface area contributed by atoms with Crippen LogP contribution in [0.3, 0.4) is 0 Å². The molecule has 3 heterocycles. The van der Waals surface area contributed by atoms with E-state index >= 15 is 0 Å². The molecule has 1 spiro atoms. The number of carbonyl (C=O) groups excluding carboxylic acids is 3. The fourth-order valence-electron chi connectivity index (χ4n) is 6.45. The second-order valence-electron chi connectivity index (χ2n) is 11.2. The molecule has 1 saturated carbocycles. The first kappa shape index (κ1) is 25.9. The van der Waals surface area contributed by atoms with E-state index in [4.69, 9.17) is 9.47 Å². The van der Waals surface area contributed by atoms with E-state index in [2.05, 4.69) is 10.6 Å². The lowest BCUT2D eigenvalue weighted by Gasteiger charge is -2.34. The quantitative estimate of drug-likeness (QED) is 0.393. The minimum absolute atomic E-state index is 0.0920. The van der Waals surface area contributed by atoms with Crippen LogP contribution in [0.2, 0.25) is 0 Å². The van der Waals surface area contributed by atoms with Crippen LogP contribution in [-0.4, -0.2) is 65.7 Å². The Kier molecular flexibility index (Phi) is 7.41. The molecule has 3 amide bonds. The summed E-state index contributed by atoms with van der Waals surface area (Å²) < 4.78 is 12.1. The number of amides is 3. The maximum Gasteiger partial charge on any atom is 0.246 e. The molecule has 4 aliphatic rings. The summed E-state index contributed by atoms with van der Waals surface area (Å²) in [5.41, 5.74) is 0.642. The molecule has 8 nitrogen and oxygen atoms in total. The van der Waals surface area contributed by atoms with E-state index in [0.717, 1.165) is 31.2 Å². The fraction of sp³-hybridized carbons (Fsp3) is 0.621. The van der Waals surface area contributed by atoms with Crippen molar-refractivity contribution in [2.24, 2.45) is 11.8 Å². The second-order valence-corrected chi connectivity index (χ2v) is 11.2. The van der Waals surface area contributed by atoms with E-state index in [1.54, 1.807) is 4.90 Å². The Balaban J connectivity index is 1.39. The van der Waals surface area contributed by atoms with Gasteiger partial charge in [-0.1, -0.05) is 49.1 Å². The molecule has 2 N–H and O–H groups in total. The van der Waals surface area contributed by atoms with Crippen molar-refractivity contribution in [3.63, 3.8) is 0 Å². The number of nitrogens with one attached hydrogen (secondary N) is 2. The average molecular weight is 510 g/mol. The molecule has 2 saturated heterocycles. The third-order valence-corrected chi connectivity index (χ3v) is 8.19. The van der Waals surface area contributed by atoms with Gasteiger partial charge in [0.2, 0.25) is 17.7 Å². The van der Waals surface area contributed by atoms with Gasteiger partial charge in [0.15, 0.2) is 0 Å². The second kappa shape index (κ2) is 10.6. The predicted octanol–water partition coefficient (Wildman–Crippen LogP) is 3.35. The van der Waals surface area contributed by atoms with Gasteiger partial charge in [-0.15, -0.1) is 0 Å². The molecule has 200 valence electrons. The summed E-state index contributed by atoms with van der Waals surface area (Å²) in [7, 11) is 0. The molecule has 37 heavy (non-hydrogen) atoms. The number of rotatable bonds is 9. The van der Waals surface area contributed by atoms with E-state index in [-0.39, 0.29) is 29.9 Å². The topological polar surface area (TPSA) is 97.0 Å². The van der Waals surface area contributed by atoms with E-state index in [0.29, 0.717) is 25.3 Å². The first-order valence-electron chi connectivity index (χ1n) is 13.8. The number of hydrogen-bond donors (Lipinski definition) is 2. The van der Waals surface area contributed by atoms with Crippen LogP contribution in [-0.2, 0) is 23.9 Å². The van der Waals surface area contributed by atoms with Crippen LogP contribution in [0, 0.1) is 18.8 Å². The molecular weight excluding hydrogens is 470 g/mol. The maximum atomic E-state index is 13.9. The van der Waals surface area contributed by atoms with Gasteiger partial charge in [-0.05, 0) is 52.2 Å². The highest BCUT2D eigenvalue weighted by molar-refractivity contribution is 6.02. The average Bonchev–Trinajstić information content (AvgIpc) is 3.51. The van der Waals surface area contributed by atoms with E-state index < -0.39 is 29.6 Å². The Hall–Kier alpha value is -2.71. The van der Waals surface area contributed by atoms with E-state index in [1.165, 1.54) is 6.42 Å². The zero-order chi connectivity index (χ0) is 26.2. The van der Waals surface area contributed by atoms with Crippen LogP contribution in [0.25, 0.3) is 0 Å². The third-order valence-electron chi connectivity index (χ3n) is 8.19. The number of carbonyl (C=O) groups is 3. The number of anilines is 1. The van der Waals surface area contributed by atoms with Gasteiger partial charge in [-0.25, -0.2) is 0 Å². The van der Waals surface area contributed by atoms with Crippen LogP contribution >= 0.6 is 0 Å². The normalized spacial score (nSPS) is 30.7. The smallest absolute Gasteiger partial charge is 0.246 e. The van der Waals surface area contributed by atoms with Crippen molar-refractivity contribution in [2.45, 2.75) is 89.2 Å². The van der Waals surface area contributed by atoms with Crippen LogP contribution in [0.1, 0.15) is 57.9 Å². The molecule has 0 unspecified atom stereocenters. The zero-order valence-electron chi connectivity index (χ0n) is 22.1. The molecule has 0 radical (unpaired) electrons. The number of likely N-dealkylation sites (tertiary alicyclic amines) is 1. The fourth-order valence-corrected chi connectivity index (χ4v) is 6.45. The van der Waals surface area contributed by atoms with Gasteiger partial charge in [0, 0.05) is 24.9 Å². The van der Waals surface area contributed by atoms with Crippen molar-refractivity contribution in [1.82, 2.24) is 10.2 Å². The summed E-state index contributed by atoms with van der Waals surface area (Å²) in [6.07, 6.45) is 9.17. The molecule has 2 bridgehead atoms. The van der Waals surface area contributed by atoms with E-state index in [1.807, 2.05) is 57.2 Å². The lowest BCUT2D eigenvalue weighted by Crippen LogP contribution is -2.56. The van der Waals surface area contributed by atoms with Gasteiger partial charge in [0.25, 0.3) is 0 Å². The standard InChI is InChI=1S/C29H39N3O5/c1-18(2)36-17-7-16-32-25(27(34)31-20-8-5-4-6-9-20)29-15-14-22(37-29)23(24(29)28(32)35)26(33)30-21-12-10-19(3)11-13-21/h10-15,18,20,22-25H,4-9,16-17H2,1-3H3,(H,30,33)(H,31,34)/t22-,23-,24-,25-,29-/m1/s1. The molecule has 1 aromatic rings. The number of fused-ring (bicyclic) bond motifs is 1. The molecule has 3 aliphatic heterocycles. The monoisotopic (exact) mass is 509 g/mol. The van der Waals surface area contributed by atoms with Gasteiger partial charge >= 0.3 is 0 Å². The van der Waals surface area contributed by atoms with Gasteiger partial charge in [0.05, 0.1) is 24.0 Å². The molecule has 5 atom stereocenters. The molecular formula is C29H39N3O5. The Morgan fingerprint density at radius 2 is 1.86 bits per heavy atom. The van der Waals surface area contributed by atoms with Gasteiger partial charge in [-0.3, -0.25) is 14.4 Å². The number of benzene rings is 1. The van der Waals surface area contributed by atoms with Crippen LogP contribution in [0.15, 0.2) is 36.4 Å². The summed E-state index contributed by atoms with van der Waals surface area (Å²) in [5.74, 6) is -2.06. The lowest BCUT2D eigenvalue weighted by atomic mass is 9.74. The number of nitrogens with zero attached hydrogens (tertiary/aromatic N) is 1. The highest BCUT2D eigenvalue weighted by Crippen LogP contribution is 2.55. The van der Waals surface area contributed by atoms with E-state index in [9.17, 15) is 14.4 Å². The molecule has 8 heteroatoms. The Labute approximate surface area is 219 Å². The SMILES string of the molecule is Cc1ccc(NC(=O)[C@@H]2[C@H]3C=C[C@@]4(O3)[C@H]2C(=O)N(CCCOC(C)C)[C@@H]4C(=O)NC2CCCCC2)cc1. The third kappa shape index (κ3) is 4.93. The number of ether oxygens (including phenoxy) is 2. The summed E-state index contributed by atoms with van der Waals surface area (Å²) in [4.78, 5) is 42.9. The van der Waals surface area contributed by atoms with Crippen molar-refractivity contribution in [3.05, 3.63) is 42.0 Å². The predicted molar refractivity (Wildman–Crippen MR) is 140 cm³/mol.